The fraction of sp³-hybridized carbons (Fsp3) is 0.167. The van der Waals surface area contributed by atoms with Crippen LogP contribution in [-0.2, 0) is 6.42 Å². The van der Waals surface area contributed by atoms with E-state index in [1.165, 1.54) is 5.56 Å². The molecule has 2 aromatic heterocycles. The van der Waals surface area contributed by atoms with Crippen molar-refractivity contribution in [1.29, 1.82) is 0 Å². The van der Waals surface area contributed by atoms with Crippen LogP contribution >= 0.6 is 15.9 Å². The van der Waals surface area contributed by atoms with Gasteiger partial charge in [-0.15, -0.1) is 0 Å². The maximum absolute atomic E-state index is 11.6. The van der Waals surface area contributed by atoms with Crippen LogP contribution < -0.4 is 4.74 Å². The Morgan fingerprint density at radius 2 is 2.05 bits per heavy atom. The number of benzene rings is 1. The van der Waals surface area contributed by atoms with Crippen LogP contribution in [0.15, 0.2) is 47.1 Å². The number of methoxy groups -OCH3 is 1. The highest BCUT2D eigenvalue weighted by Crippen LogP contribution is 2.33. The van der Waals surface area contributed by atoms with Gasteiger partial charge in [-0.25, -0.2) is 0 Å². The first-order chi connectivity index (χ1) is 10.7. The maximum Gasteiger partial charge on any atom is 0.167 e. The first kappa shape index (κ1) is 14.9. The zero-order valence-corrected chi connectivity index (χ0v) is 14.1. The Morgan fingerprint density at radius 1 is 1.23 bits per heavy atom. The van der Waals surface area contributed by atoms with Crippen molar-refractivity contribution in [1.82, 2.24) is 4.40 Å². The molecule has 22 heavy (non-hydrogen) atoms. The Kier molecular flexibility index (Phi) is 4.03. The smallest absolute Gasteiger partial charge is 0.167 e. The quantitative estimate of drug-likeness (QED) is 0.630. The molecule has 0 radical (unpaired) electrons. The highest BCUT2D eigenvalue weighted by atomic mass is 79.9. The number of aryl methyl sites for hydroxylation is 1. The van der Waals surface area contributed by atoms with Gasteiger partial charge in [0.05, 0.1) is 17.3 Å². The molecule has 3 rings (SSSR count). The van der Waals surface area contributed by atoms with E-state index in [9.17, 15) is 4.79 Å². The lowest BCUT2D eigenvalue weighted by Crippen LogP contribution is -1.94. The van der Waals surface area contributed by atoms with Gasteiger partial charge in [0.2, 0.25) is 0 Å². The van der Waals surface area contributed by atoms with Gasteiger partial charge in [0.25, 0.3) is 0 Å². The number of carbonyl (C=O) groups is 1. The SMILES string of the molecule is CCc1ccc2cc(-c3ccc(OC)c(Br)c3)c(C=O)n2c1. The van der Waals surface area contributed by atoms with Gasteiger partial charge in [0.1, 0.15) is 5.75 Å². The van der Waals surface area contributed by atoms with E-state index in [0.717, 1.165) is 39.6 Å². The summed E-state index contributed by atoms with van der Waals surface area (Å²) in [5.41, 5.74) is 4.79. The van der Waals surface area contributed by atoms with Crippen molar-refractivity contribution < 1.29 is 9.53 Å². The standard InChI is InChI=1S/C18H16BrNO2/c1-3-12-4-6-14-9-15(17(11-21)20(14)10-12)13-5-7-18(22-2)16(19)8-13/h4-11H,3H2,1-2H3. The van der Waals surface area contributed by atoms with Gasteiger partial charge in [-0.1, -0.05) is 19.1 Å². The molecule has 112 valence electrons. The zero-order chi connectivity index (χ0) is 15.7. The molecule has 0 aliphatic heterocycles. The van der Waals surface area contributed by atoms with E-state index >= 15 is 0 Å². The number of hydrogen-bond donors (Lipinski definition) is 0. The molecule has 0 N–H and O–H groups in total. The number of halogens is 1. The largest absolute Gasteiger partial charge is 0.496 e. The van der Waals surface area contributed by atoms with Crippen molar-refractivity contribution in [3.8, 4) is 16.9 Å². The summed E-state index contributed by atoms with van der Waals surface area (Å²) in [7, 11) is 1.63. The third-order valence-electron chi connectivity index (χ3n) is 3.85. The van der Waals surface area contributed by atoms with Crippen LogP contribution in [0.3, 0.4) is 0 Å². The molecule has 0 unspecified atom stereocenters. The van der Waals surface area contributed by atoms with Gasteiger partial charge in [-0.2, -0.15) is 0 Å². The zero-order valence-electron chi connectivity index (χ0n) is 12.5. The van der Waals surface area contributed by atoms with E-state index in [1.807, 2.05) is 40.9 Å². The predicted molar refractivity (Wildman–Crippen MR) is 91.9 cm³/mol. The summed E-state index contributed by atoms with van der Waals surface area (Å²) in [5.74, 6) is 0.772. The van der Waals surface area contributed by atoms with Crippen molar-refractivity contribution in [3.63, 3.8) is 0 Å². The molecule has 3 nitrogen and oxygen atoms in total. The van der Waals surface area contributed by atoms with Gasteiger partial charge in [-0.05, 0) is 57.7 Å². The number of pyridine rings is 1. The Balaban J connectivity index is 2.22. The lowest BCUT2D eigenvalue weighted by atomic mass is 10.1. The third kappa shape index (κ3) is 2.44. The number of nitrogens with zero attached hydrogens (tertiary/aromatic N) is 1. The Morgan fingerprint density at radius 3 is 2.68 bits per heavy atom. The van der Waals surface area contributed by atoms with Crippen molar-refractivity contribution in [3.05, 3.63) is 58.3 Å². The Labute approximate surface area is 137 Å². The molecule has 4 heteroatoms. The highest BCUT2D eigenvalue weighted by Gasteiger charge is 2.13. The minimum atomic E-state index is 0.669. The first-order valence-electron chi connectivity index (χ1n) is 7.11. The van der Waals surface area contributed by atoms with E-state index in [-0.39, 0.29) is 0 Å². The molecule has 0 spiro atoms. The number of carbonyl (C=O) groups excluding carboxylic acids is 1. The van der Waals surface area contributed by atoms with E-state index in [0.29, 0.717) is 5.69 Å². The van der Waals surface area contributed by atoms with Gasteiger partial charge in [-0.3, -0.25) is 4.79 Å². The molecule has 0 amide bonds. The summed E-state index contributed by atoms with van der Waals surface area (Å²) in [6.07, 6.45) is 3.89. The normalized spacial score (nSPS) is 10.9. The molecule has 2 heterocycles. The second kappa shape index (κ2) is 5.97. The van der Waals surface area contributed by atoms with Crippen molar-refractivity contribution in [2.45, 2.75) is 13.3 Å². The number of fused-ring (bicyclic) bond motifs is 1. The molecule has 3 aromatic rings. The molecule has 0 aliphatic rings. The highest BCUT2D eigenvalue weighted by molar-refractivity contribution is 9.10. The summed E-state index contributed by atoms with van der Waals surface area (Å²) in [6.45, 7) is 2.10. The number of aldehydes is 1. The van der Waals surface area contributed by atoms with Crippen LogP contribution in [-0.4, -0.2) is 17.8 Å². The number of rotatable bonds is 4. The van der Waals surface area contributed by atoms with Crippen molar-refractivity contribution in [2.24, 2.45) is 0 Å². The first-order valence-corrected chi connectivity index (χ1v) is 7.90. The molecule has 0 aliphatic carbocycles. The molecule has 0 atom stereocenters. The monoisotopic (exact) mass is 357 g/mol. The van der Waals surface area contributed by atoms with Crippen LogP contribution in [0.2, 0.25) is 0 Å². The molecule has 0 bridgehead atoms. The van der Waals surface area contributed by atoms with E-state index in [4.69, 9.17) is 4.74 Å². The number of ether oxygens (including phenoxy) is 1. The van der Waals surface area contributed by atoms with Crippen LogP contribution in [0.4, 0.5) is 0 Å². The number of hydrogen-bond acceptors (Lipinski definition) is 2. The van der Waals surface area contributed by atoms with Gasteiger partial charge < -0.3 is 9.14 Å². The van der Waals surface area contributed by atoms with E-state index < -0.39 is 0 Å². The summed E-state index contributed by atoms with van der Waals surface area (Å²) < 4.78 is 8.09. The molecular formula is C18H16BrNO2. The number of aromatic nitrogens is 1. The fourth-order valence-electron chi connectivity index (χ4n) is 2.63. The topological polar surface area (TPSA) is 30.7 Å². The minimum absolute atomic E-state index is 0.669. The van der Waals surface area contributed by atoms with E-state index in [2.05, 4.69) is 28.9 Å². The second-order valence-electron chi connectivity index (χ2n) is 5.10. The molecule has 1 aromatic carbocycles. The Hall–Kier alpha value is -2.07. The Bertz CT molecular complexity index is 852. The molecule has 0 saturated heterocycles. The molecule has 0 saturated carbocycles. The van der Waals surface area contributed by atoms with Gasteiger partial charge in [0.15, 0.2) is 6.29 Å². The van der Waals surface area contributed by atoms with Crippen molar-refractivity contribution in [2.75, 3.05) is 7.11 Å². The summed E-state index contributed by atoms with van der Waals surface area (Å²) in [5, 5.41) is 0. The average molecular weight is 358 g/mol. The molecular weight excluding hydrogens is 342 g/mol. The average Bonchev–Trinajstić information content (AvgIpc) is 2.92. The lowest BCUT2D eigenvalue weighted by Gasteiger charge is -2.06. The van der Waals surface area contributed by atoms with Crippen molar-refractivity contribution >= 4 is 27.7 Å². The van der Waals surface area contributed by atoms with Crippen LogP contribution in [0, 0.1) is 0 Å². The van der Waals surface area contributed by atoms with Crippen LogP contribution in [0.1, 0.15) is 23.0 Å². The lowest BCUT2D eigenvalue weighted by molar-refractivity contribution is 0.111. The van der Waals surface area contributed by atoms with E-state index in [1.54, 1.807) is 7.11 Å². The fourth-order valence-corrected chi connectivity index (χ4v) is 3.17. The third-order valence-corrected chi connectivity index (χ3v) is 4.47. The summed E-state index contributed by atoms with van der Waals surface area (Å²) >= 11 is 3.50. The van der Waals surface area contributed by atoms with Crippen LogP contribution in [0.5, 0.6) is 5.75 Å². The minimum Gasteiger partial charge on any atom is -0.496 e. The second-order valence-corrected chi connectivity index (χ2v) is 5.95. The summed E-state index contributed by atoms with van der Waals surface area (Å²) in [6, 6.07) is 12.0. The van der Waals surface area contributed by atoms with Gasteiger partial charge >= 0.3 is 0 Å². The maximum atomic E-state index is 11.6. The van der Waals surface area contributed by atoms with Gasteiger partial charge in [0, 0.05) is 17.3 Å². The van der Waals surface area contributed by atoms with Crippen LogP contribution in [0.25, 0.3) is 16.6 Å². The predicted octanol–water partition coefficient (Wildman–Crippen LogP) is 4.75. The molecule has 0 fully saturated rings. The summed E-state index contributed by atoms with van der Waals surface area (Å²) in [4.78, 5) is 11.6.